The van der Waals surface area contributed by atoms with E-state index in [1.807, 2.05) is 11.8 Å². The summed E-state index contributed by atoms with van der Waals surface area (Å²) >= 11 is 1.83. The van der Waals surface area contributed by atoms with Gasteiger partial charge in [-0.15, -0.1) is 11.8 Å². The Morgan fingerprint density at radius 3 is 2.81 bits per heavy atom. The molecule has 1 aromatic rings. The van der Waals surface area contributed by atoms with Crippen molar-refractivity contribution in [3.63, 3.8) is 0 Å². The van der Waals surface area contributed by atoms with E-state index in [4.69, 9.17) is 9.97 Å². The third-order valence-electron chi connectivity index (χ3n) is 3.93. The van der Waals surface area contributed by atoms with E-state index < -0.39 is 0 Å². The van der Waals surface area contributed by atoms with E-state index in [-0.39, 0.29) is 6.10 Å². The van der Waals surface area contributed by atoms with Crippen LogP contribution in [0, 0.1) is 0 Å². The lowest BCUT2D eigenvalue weighted by molar-refractivity contribution is 0.208. The maximum absolute atomic E-state index is 9.51. The number of thioether (sulfide) groups is 1. The maximum Gasteiger partial charge on any atom is 0.227 e. The fourth-order valence-corrected chi connectivity index (χ4v) is 3.88. The molecule has 0 bridgehead atoms. The molecule has 0 radical (unpaired) electrons. The highest BCUT2D eigenvalue weighted by Crippen LogP contribution is 2.35. The highest BCUT2D eigenvalue weighted by Gasteiger charge is 2.22. The van der Waals surface area contributed by atoms with Gasteiger partial charge in [-0.3, -0.25) is 0 Å². The largest absolute Gasteiger partial charge is 0.392 e. The third kappa shape index (κ3) is 3.61. The molecule has 2 N–H and O–H groups in total. The predicted molar refractivity (Wildman–Crippen MR) is 87.3 cm³/mol. The minimum atomic E-state index is -0.373. The minimum Gasteiger partial charge on any atom is -0.392 e. The van der Waals surface area contributed by atoms with E-state index in [1.54, 1.807) is 6.92 Å². The van der Waals surface area contributed by atoms with Crippen molar-refractivity contribution in [3.05, 3.63) is 5.69 Å². The highest BCUT2D eigenvalue weighted by molar-refractivity contribution is 7.99. The Bertz CT molecular complexity index is 489. The SMILES string of the molecule is C[C@@H](O)CNc1nc(N2CCCCC2)nc2c1SCCC2. The molecule has 5 nitrogen and oxygen atoms in total. The molecule has 6 heteroatoms. The lowest BCUT2D eigenvalue weighted by Crippen LogP contribution is -2.32. The Kier molecular flexibility index (Phi) is 4.85. The van der Waals surface area contributed by atoms with Gasteiger partial charge in [0.2, 0.25) is 5.95 Å². The van der Waals surface area contributed by atoms with Crippen molar-refractivity contribution in [2.45, 2.75) is 50.0 Å². The van der Waals surface area contributed by atoms with E-state index in [1.165, 1.54) is 36.3 Å². The summed E-state index contributed by atoms with van der Waals surface area (Å²) in [5, 5.41) is 12.8. The summed E-state index contributed by atoms with van der Waals surface area (Å²) in [5.74, 6) is 2.90. The summed E-state index contributed by atoms with van der Waals surface area (Å²) in [7, 11) is 0. The van der Waals surface area contributed by atoms with E-state index >= 15 is 0 Å². The summed E-state index contributed by atoms with van der Waals surface area (Å²) in [6.45, 7) is 4.44. The van der Waals surface area contributed by atoms with Crippen LogP contribution in [0.2, 0.25) is 0 Å². The number of aliphatic hydroxyl groups is 1. The molecule has 0 unspecified atom stereocenters. The van der Waals surface area contributed by atoms with Crippen LogP contribution >= 0.6 is 11.8 Å². The molecule has 116 valence electrons. The number of aliphatic hydroxyl groups excluding tert-OH is 1. The van der Waals surface area contributed by atoms with Crippen LogP contribution in [0.4, 0.5) is 11.8 Å². The van der Waals surface area contributed by atoms with Crippen LogP contribution in [0.15, 0.2) is 4.90 Å². The normalized spacial score (nSPS) is 20.0. The summed E-state index contributed by atoms with van der Waals surface area (Å²) < 4.78 is 0. The molecule has 0 aliphatic carbocycles. The monoisotopic (exact) mass is 308 g/mol. The van der Waals surface area contributed by atoms with Gasteiger partial charge in [0.25, 0.3) is 0 Å². The average Bonchev–Trinajstić information content (AvgIpc) is 2.53. The van der Waals surface area contributed by atoms with Crippen molar-refractivity contribution in [1.82, 2.24) is 9.97 Å². The first-order chi connectivity index (χ1) is 10.2. The van der Waals surface area contributed by atoms with E-state index in [0.717, 1.165) is 37.0 Å². The molecule has 1 saturated heterocycles. The molecular weight excluding hydrogens is 284 g/mol. The number of hydrogen-bond donors (Lipinski definition) is 2. The first-order valence-electron chi connectivity index (χ1n) is 7.94. The van der Waals surface area contributed by atoms with Gasteiger partial charge in [0, 0.05) is 19.6 Å². The number of piperidine rings is 1. The van der Waals surface area contributed by atoms with Crippen LogP contribution in [0.25, 0.3) is 0 Å². The molecule has 21 heavy (non-hydrogen) atoms. The van der Waals surface area contributed by atoms with Crippen LogP contribution in [-0.4, -0.2) is 46.6 Å². The second-order valence-electron chi connectivity index (χ2n) is 5.88. The number of anilines is 2. The third-order valence-corrected chi connectivity index (χ3v) is 5.14. The standard InChI is InChI=1S/C15H24N4OS/c1-11(20)10-16-14-13-12(6-5-9-21-13)17-15(18-14)19-7-3-2-4-8-19/h11,20H,2-10H2,1H3,(H,16,17,18)/t11-/m1/s1. The molecule has 1 atom stereocenters. The highest BCUT2D eigenvalue weighted by atomic mass is 32.2. The molecule has 1 aromatic heterocycles. The van der Waals surface area contributed by atoms with E-state index in [9.17, 15) is 5.11 Å². The molecule has 0 amide bonds. The van der Waals surface area contributed by atoms with Crippen LogP contribution in [0.1, 0.15) is 38.3 Å². The van der Waals surface area contributed by atoms with Crippen molar-refractivity contribution in [3.8, 4) is 0 Å². The van der Waals surface area contributed by atoms with Gasteiger partial charge in [-0.25, -0.2) is 4.98 Å². The predicted octanol–water partition coefficient (Wildman–Crippen LogP) is 2.30. The Morgan fingerprint density at radius 2 is 2.05 bits per heavy atom. The number of nitrogens with zero attached hydrogens (tertiary/aromatic N) is 3. The maximum atomic E-state index is 9.51. The van der Waals surface area contributed by atoms with Crippen LogP contribution in [-0.2, 0) is 6.42 Å². The number of aromatic nitrogens is 2. The number of fused-ring (bicyclic) bond motifs is 1. The Hall–Kier alpha value is -1.01. The van der Waals surface area contributed by atoms with Gasteiger partial charge in [0.05, 0.1) is 16.7 Å². The summed E-state index contributed by atoms with van der Waals surface area (Å²) in [4.78, 5) is 13.1. The van der Waals surface area contributed by atoms with Crippen molar-refractivity contribution >= 4 is 23.5 Å². The molecule has 2 aliphatic heterocycles. The quantitative estimate of drug-likeness (QED) is 0.890. The van der Waals surface area contributed by atoms with E-state index in [2.05, 4.69) is 10.2 Å². The number of nitrogens with one attached hydrogen (secondary N) is 1. The van der Waals surface area contributed by atoms with Gasteiger partial charge in [0.1, 0.15) is 5.82 Å². The Morgan fingerprint density at radius 1 is 1.24 bits per heavy atom. The van der Waals surface area contributed by atoms with Crippen molar-refractivity contribution < 1.29 is 5.11 Å². The topological polar surface area (TPSA) is 61.3 Å². The van der Waals surface area contributed by atoms with E-state index in [0.29, 0.717) is 6.54 Å². The zero-order valence-electron chi connectivity index (χ0n) is 12.6. The molecule has 0 spiro atoms. The van der Waals surface area contributed by atoms with Crippen LogP contribution in [0.5, 0.6) is 0 Å². The number of aryl methyl sites for hydroxylation is 1. The van der Waals surface area contributed by atoms with Gasteiger partial charge in [-0.1, -0.05) is 0 Å². The lowest BCUT2D eigenvalue weighted by atomic mass is 10.1. The van der Waals surface area contributed by atoms with Crippen LogP contribution < -0.4 is 10.2 Å². The van der Waals surface area contributed by atoms with Gasteiger partial charge in [-0.2, -0.15) is 4.98 Å². The smallest absolute Gasteiger partial charge is 0.227 e. The van der Waals surface area contributed by atoms with Crippen molar-refractivity contribution in [1.29, 1.82) is 0 Å². The zero-order chi connectivity index (χ0) is 14.7. The Labute approximate surface area is 130 Å². The first-order valence-corrected chi connectivity index (χ1v) is 8.93. The molecule has 2 aliphatic rings. The minimum absolute atomic E-state index is 0.373. The molecule has 3 heterocycles. The fraction of sp³-hybridized carbons (Fsp3) is 0.733. The Balaban J connectivity index is 1.88. The van der Waals surface area contributed by atoms with Gasteiger partial charge in [-0.05, 0) is 44.8 Å². The summed E-state index contributed by atoms with van der Waals surface area (Å²) in [6.07, 6.45) is 5.61. The zero-order valence-corrected chi connectivity index (χ0v) is 13.5. The molecule has 3 rings (SSSR count). The summed E-state index contributed by atoms with van der Waals surface area (Å²) in [6, 6.07) is 0. The summed E-state index contributed by atoms with van der Waals surface area (Å²) in [5.41, 5.74) is 1.18. The van der Waals surface area contributed by atoms with Crippen molar-refractivity contribution in [2.24, 2.45) is 0 Å². The number of hydrogen-bond acceptors (Lipinski definition) is 6. The lowest BCUT2D eigenvalue weighted by Gasteiger charge is -2.29. The fourth-order valence-electron chi connectivity index (χ4n) is 2.82. The van der Waals surface area contributed by atoms with Gasteiger partial charge < -0.3 is 15.3 Å². The average molecular weight is 308 g/mol. The van der Waals surface area contributed by atoms with Crippen molar-refractivity contribution in [2.75, 3.05) is 35.6 Å². The second-order valence-corrected chi connectivity index (χ2v) is 6.98. The van der Waals surface area contributed by atoms with Crippen LogP contribution in [0.3, 0.4) is 0 Å². The first kappa shape index (κ1) is 14.9. The van der Waals surface area contributed by atoms with Gasteiger partial charge >= 0.3 is 0 Å². The molecule has 0 aromatic carbocycles. The molecule has 0 saturated carbocycles. The van der Waals surface area contributed by atoms with Gasteiger partial charge in [0.15, 0.2) is 0 Å². The second kappa shape index (κ2) is 6.83. The molecule has 1 fully saturated rings. The number of rotatable bonds is 4. The molecular formula is C15H24N4OS.